The first kappa shape index (κ1) is 12.0. The summed E-state index contributed by atoms with van der Waals surface area (Å²) < 4.78 is 13.1. The fourth-order valence-electron chi connectivity index (χ4n) is 1.51. The van der Waals surface area contributed by atoms with Gasteiger partial charge in [0.1, 0.15) is 5.82 Å². The molecule has 0 aliphatic heterocycles. The Labute approximate surface area is 91.1 Å². The van der Waals surface area contributed by atoms with Crippen LogP contribution in [0.1, 0.15) is 19.4 Å². The number of nitrogens with one attached hydrogen (secondary N) is 1. The van der Waals surface area contributed by atoms with E-state index in [-0.39, 0.29) is 5.82 Å². The molecule has 0 amide bonds. The van der Waals surface area contributed by atoms with Crippen molar-refractivity contribution in [1.29, 1.82) is 0 Å². The molecule has 84 valence electrons. The molecule has 0 saturated heterocycles. The van der Waals surface area contributed by atoms with E-state index in [0.717, 1.165) is 11.3 Å². The van der Waals surface area contributed by atoms with Crippen LogP contribution in [0.4, 0.5) is 10.1 Å². The average molecular weight is 210 g/mol. The van der Waals surface area contributed by atoms with Crippen molar-refractivity contribution in [2.45, 2.75) is 26.4 Å². The van der Waals surface area contributed by atoms with Crippen LogP contribution in [0.5, 0.6) is 0 Å². The number of nitrogens with zero attached hydrogens (tertiary/aromatic N) is 1. The van der Waals surface area contributed by atoms with Gasteiger partial charge in [0.25, 0.3) is 0 Å². The maximum Gasteiger partial charge on any atom is 0.123 e. The number of hydrogen-bond donors (Lipinski definition) is 1. The summed E-state index contributed by atoms with van der Waals surface area (Å²) in [7, 11) is 3.89. The molecule has 2 nitrogen and oxygen atoms in total. The number of anilines is 1. The minimum absolute atomic E-state index is 0.179. The van der Waals surface area contributed by atoms with E-state index in [1.807, 2.05) is 20.2 Å². The summed E-state index contributed by atoms with van der Waals surface area (Å²) in [4.78, 5) is 2.14. The van der Waals surface area contributed by atoms with Gasteiger partial charge in [-0.2, -0.15) is 0 Å². The highest BCUT2D eigenvalue weighted by Gasteiger charge is 2.10. The molecule has 0 aliphatic rings. The van der Waals surface area contributed by atoms with Crippen molar-refractivity contribution in [3.63, 3.8) is 0 Å². The Hall–Kier alpha value is -1.09. The third-order valence-electron chi connectivity index (χ3n) is 2.56. The van der Waals surface area contributed by atoms with Crippen LogP contribution in [0.15, 0.2) is 18.2 Å². The van der Waals surface area contributed by atoms with Crippen LogP contribution >= 0.6 is 0 Å². The van der Waals surface area contributed by atoms with E-state index in [2.05, 4.69) is 24.1 Å². The fourth-order valence-corrected chi connectivity index (χ4v) is 1.51. The summed E-state index contributed by atoms with van der Waals surface area (Å²) in [5.74, 6) is -0.179. The highest BCUT2D eigenvalue weighted by molar-refractivity contribution is 5.53. The lowest BCUT2D eigenvalue weighted by molar-refractivity contribution is 0.622. The van der Waals surface area contributed by atoms with Crippen molar-refractivity contribution in [2.24, 2.45) is 0 Å². The minimum atomic E-state index is -0.179. The molecule has 0 radical (unpaired) electrons. The van der Waals surface area contributed by atoms with Gasteiger partial charge in [0.15, 0.2) is 0 Å². The molecule has 1 aromatic carbocycles. The smallest absolute Gasteiger partial charge is 0.123 e. The van der Waals surface area contributed by atoms with Crippen molar-refractivity contribution < 1.29 is 4.39 Å². The first-order valence-electron chi connectivity index (χ1n) is 5.22. The van der Waals surface area contributed by atoms with E-state index >= 15 is 0 Å². The van der Waals surface area contributed by atoms with Crippen LogP contribution in [-0.2, 0) is 6.54 Å². The molecule has 15 heavy (non-hydrogen) atoms. The zero-order valence-corrected chi connectivity index (χ0v) is 9.84. The molecule has 0 aliphatic carbocycles. The molecule has 0 saturated carbocycles. The van der Waals surface area contributed by atoms with Crippen LogP contribution in [0.2, 0.25) is 0 Å². The number of rotatable bonds is 4. The molecule has 1 N–H and O–H groups in total. The lowest BCUT2D eigenvalue weighted by Gasteiger charge is -2.26. The quantitative estimate of drug-likeness (QED) is 0.821. The van der Waals surface area contributed by atoms with Gasteiger partial charge in [-0.15, -0.1) is 0 Å². The summed E-state index contributed by atoms with van der Waals surface area (Å²) in [6.07, 6.45) is 0. The van der Waals surface area contributed by atoms with Crippen molar-refractivity contribution in [3.05, 3.63) is 29.6 Å². The highest BCUT2D eigenvalue weighted by Crippen LogP contribution is 2.22. The number of benzene rings is 1. The topological polar surface area (TPSA) is 15.3 Å². The SMILES string of the molecule is CNCc1cc(F)ccc1N(C)C(C)C. The van der Waals surface area contributed by atoms with Crippen LogP contribution in [0.25, 0.3) is 0 Å². The van der Waals surface area contributed by atoms with E-state index in [1.165, 1.54) is 6.07 Å². The van der Waals surface area contributed by atoms with Crippen LogP contribution < -0.4 is 10.2 Å². The van der Waals surface area contributed by atoms with Crippen molar-refractivity contribution in [3.8, 4) is 0 Å². The van der Waals surface area contributed by atoms with Gasteiger partial charge in [0.2, 0.25) is 0 Å². The third-order valence-corrected chi connectivity index (χ3v) is 2.56. The van der Waals surface area contributed by atoms with Gasteiger partial charge in [-0.05, 0) is 44.7 Å². The van der Waals surface area contributed by atoms with Gasteiger partial charge in [0.05, 0.1) is 0 Å². The fraction of sp³-hybridized carbons (Fsp3) is 0.500. The van der Waals surface area contributed by atoms with E-state index < -0.39 is 0 Å². The molecule has 0 atom stereocenters. The first-order valence-corrected chi connectivity index (χ1v) is 5.22. The van der Waals surface area contributed by atoms with Gasteiger partial charge in [-0.3, -0.25) is 0 Å². The Balaban J connectivity index is 3.04. The largest absolute Gasteiger partial charge is 0.372 e. The third kappa shape index (κ3) is 2.93. The van der Waals surface area contributed by atoms with Crippen LogP contribution in [0.3, 0.4) is 0 Å². The Morgan fingerprint density at radius 2 is 2.07 bits per heavy atom. The lowest BCUT2D eigenvalue weighted by atomic mass is 10.1. The zero-order chi connectivity index (χ0) is 11.4. The molecule has 0 fully saturated rings. The van der Waals surface area contributed by atoms with E-state index in [0.29, 0.717) is 12.6 Å². The summed E-state index contributed by atoms with van der Waals surface area (Å²) in [5.41, 5.74) is 2.08. The molecule has 0 aromatic heterocycles. The lowest BCUT2D eigenvalue weighted by Crippen LogP contribution is -2.27. The predicted molar refractivity (Wildman–Crippen MR) is 62.7 cm³/mol. The maximum absolute atomic E-state index is 13.1. The molecule has 1 aromatic rings. The van der Waals surface area contributed by atoms with Gasteiger partial charge < -0.3 is 10.2 Å². The average Bonchev–Trinajstić information content (AvgIpc) is 2.17. The van der Waals surface area contributed by atoms with Gasteiger partial charge in [-0.1, -0.05) is 0 Å². The van der Waals surface area contributed by atoms with Crippen LogP contribution in [-0.4, -0.2) is 20.1 Å². The molecule has 0 unspecified atom stereocenters. The maximum atomic E-state index is 13.1. The van der Waals surface area contributed by atoms with E-state index in [4.69, 9.17) is 0 Å². The number of hydrogen-bond acceptors (Lipinski definition) is 2. The highest BCUT2D eigenvalue weighted by atomic mass is 19.1. The molecular weight excluding hydrogens is 191 g/mol. The van der Waals surface area contributed by atoms with Crippen molar-refractivity contribution in [1.82, 2.24) is 5.32 Å². The molecule has 3 heteroatoms. The molecule has 0 heterocycles. The second-order valence-electron chi connectivity index (χ2n) is 4.01. The summed E-state index contributed by atoms with van der Waals surface area (Å²) >= 11 is 0. The monoisotopic (exact) mass is 210 g/mol. The van der Waals surface area contributed by atoms with Crippen LogP contribution in [0, 0.1) is 5.82 Å². The second-order valence-corrected chi connectivity index (χ2v) is 4.01. The molecular formula is C12H19FN2. The minimum Gasteiger partial charge on any atom is -0.372 e. The predicted octanol–water partition coefficient (Wildman–Crippen LogP) is 2.39. The number of halogens is 1. The zero-order valence-electron chi connectivity index (χ0n) is 9.84. The molecule has 0 spiro atoms. The Morgan fingerprint density at radius 3 is 2.60 bits per heavy atom. The van der Waals surface area contributed by atoms with E-state index in [1.54, 1.807) is 6.07 Å². The summed E-state index contributed by atoms with van der Waals surface area (Å²) in [6, 6.07) is 5.34. The Morgan fingerprint density at radius 1 is 1.40 bits per heavy atom. The van der Waals surface area contributed by atoms with Gasteiger partial charge in [-0.25, -0.2) is 4.39 Å². The standard InChI is InChI=1S/C12H19FN2/c1-9(2)15(4)12-6-5-11(13)7-10(12)8-14-3/h5-7,9,14H,8H2,1-4H3. The molecule has 1 rings (SSSR count). The Bertz CT molecular complexity index is 323. The van der Waals surface area contributed by atoms with Crippen molar-refractivity contribution >= 4 is 5.69 Å². The normalized spacial score (nSPS) is 10.8. The second kappa shape index (κ2) is 5.12. The van der Waals surface area contributed by atoms with Gasteiger partial charge in [0, 0.05) is 25.3 Å². The summed E-state index contributed by atoms with van der Waals surface area (Å²) in [6.45, 7) is 4.92. The van der Waals surface area contributed by atoms with Gasteiger partial charge >= 0.3 is 0 Å². The summed E-state index contributed by atoms with van der Waals surface area (Å²) in [5, 5.41) is 3.05. The van der Waals surface area contributed by atoms with Crippen molar-refractivity contribution in [2.75, 3.05) is 19.0 Å². The molecule has 0 bridgehead atoms. The first-order chi connectivity index (χ1) is 7.06. The van der Waals surface area contributed by atoms with E-state index in [9.17, 15) is 4.39 Å². The Kier molecular flexibility index (Phi) is 4.09.